The Hall–Kier alpha value is -2.13. The molecule has 0 atom stereocenters. The van der Waals surface area contributed by atoms with Crippen LogP contribution in [0.1, 0.15) is 10.4 Å². The van der Waals surface area contributed by atoms with Crippen LogP contribution >= 0.6 is 0 Å². The molecule has 0 aliphatic heterocycles. The van der Waals surface area contributed by atoms with Crippen molar-refractivity contribution in [1.82, 2.24) is 9.62 Å². The number of hydrogen-bond donors (Lipinski definition) is 1. The highest BCUT2D eigenvalue weighted by Gasteiger charge is 2.28. The summed E-state index contributed by atoms with van der Waals surface area (Å²) in [7, 11) is -3.82. The maximum atomic E-state index is 12.4. The average molecular weight is 362 g/mol. The zero-order valence-electron chi connectivity index (χ0n) is 12.7. The standard InChI is InChI=1S/C15H17F3N2O3S/c1-3-9-20(10-4-2)24(22,23)13-7-5-12(6-8-13)14(21)19-11-15(16,17)18/h3-8H,1-2,9-11H2,(H,19,21). The second-order valence-electron chi connectivity index (χ2n) is 4.72. The van der Waals surface area contributed by atoms with Crippen molar-refractivity contribution in [3.63, 3.8) is 0 Å². The Morgan fingerprint density at radius 2 is 1.62 bits per heavy atom. The van der Waals surface area contributed by atoms with Crippen LogP contribution in [0.25, 0.3) is 0 Å². The Balaban J connectivity index is 2.95. The molecular formula is C15H17F3N2O3S. The molecule has 9 heteroatoms. The van der Waals surface area contributed by atoms with Gasteiger partial charge in [0.15, 0.2) is 0 Å². The van der Waals surface area contributed by atoms with E-state index in [4.69, 9.17) is 0 Å². The van der Waals surface area contributed by atoms with E-state index >= 15 is 0 Å². The van der Waals surface area contributed by atoms with Crippen LogP contribution in [0.4, 0.5) is 13.2 Å². The molecule has 1 aromatic rings. The number of halogens is 3. The van der Waals surface area contributed by atoms with Crippen LogP contribution < -0.4 is 5.32 Å². The van der Waals surface area contributed by atoms with Gasteiger partial charge in [-0.3, -0.25) is 4.79 Å². The van der Waals surface area contributed by atoms with E-state index in [-0.39, 0.29) is 23.5 Å². The fourth-order valence-corrected chi connectivity index (χ4v) is 3.15. The monoisotopic (exact) mass is 362 g/mol. The number of amides is 1. The molecule has 0 unspecified atom stereocenters. The molecule has 132 valence electrons. The maximum Gasteiger partial charge on any atom is 0.405 e. The smallest absolute Gasteiger partial charge is 0.343 e. The Labute approximate surface area is 138 Å². The number of alkyl halides is 3. The molecule has 0 heterocycles. The summed E-state index contributed by atoms with van der Waals surface area (Å²) in [6.45, 7) is 5.65. The van der Waals surface area contributed by atoms with E-state index in [0.29, 0.717) is 0 Å². The minimum absolute atomic E-state index is 0.0716. The molecule has 1 rings (SSSR count). The normalized spacial score (nSPS) is 12.0. The first-order chi connectivity index (χ1) is 11.1. The summed E-state index contributed by atoms with van der Waals surface area (Å²) in [5.41, 5.74) is -0.0720. The van der Waals surface area contributed by atoms with Crippen LogP contribution in [0.15, 0.2) is 54.5 Å². The van der Waals surface area contributed by atoms with Crippen LogP contribution in [0, 0.1) is 0 Å². The van der Waals surface area contributed by atoms with Crippen molar-refractivity contribution in [2.75, 3.05) is 19.6 Å². The number of carbonyl (C=O) groups excluding carboxylic acids is 1. The quantitative estimate of drug-likeness (QED) is 0.722. The van der Waals surface area contributed by atoms with E-state index in [0.717, 1.165) is 28.6 Å². The Morgan fingerprint density at radius 3 is 2.04 bits per heavy atom. The number of rotatable bonds is 8. The number of hydrogen-bond acceptors (Lipinski definition) is 3. The minimum atomic E-state index is -4.52. The van der Waals surface area contributed by atoms with Crippen LogP contribution in [-0.2, 0) is 10.0 Å². The summed E-state index contributed by atoms with van der Waals surface area (Å²) in [5.74, 6) is -0.940. The van der Waals surface area contributed by atoms with Crippen LogP contribution in [0.2, 0.25) is 0 Å². The Morgan fingerprint density at radius 1 is 1.12 bits per heavy atom. The average Bonchev–Trinajstić information content (AvgIpc) is 2.52. The first kappa shape index (κ1) is 19.9. The lowest BCUT2D eigenvalue weighted by Crippen LogP contribution is -2.34. The summed E-state index contributed by atoms with van der Waals surface area (Å²) in [5, 5.41) is 1.71. The predicted molar refractivity (Wildman–Crippen MR) is 84.0 cm³/mol. The third-order valence-electron chi connectivity index (χ3n) is 2.87. The van der Waals surface area contributed by atoms with Crippen molar-refractivity contribution in [2.45, 2.75) is 11.1 Å². The van der Waals surface area contributed by atoms with Gasteiger partial charge in [-0.25, -0.2) is 8.42 Å². The van der Waals surface area contributed by atoms with E-state index in [9.17, 15) is 26.4 Å². The summed E-state index contributed by atoms with van der Waals surface area (Å²) in [6.07, 6.45) is -1.69. The van der Waals surface area contributed by atoms with Gasteiger partial charge in [0.2, 0.25) is 10.0 Å². The van der Waals surface area contributed by atoms with Gasteiger partial charge in [0, 0.05) is 18.7 Å². The highest BCUT2D eigenvalue weighted by atomic mass is 32.2. The van der Waals surface area contributed by atoms with Gasteiger partial charge in [-0.2, -0.15) is 17.5 Å². The maximum absolute atomic E-state index is 12.4. The molecule has 0 saturated carbocycles. The van der Waals surface area contributed by atoms with Crippen LogP contribution in [-0.4, -0.2) is 44.4 Å². The number of carbonyl (C=O) groups is 1. The first-order valence-electron chi connectivity index (χ1n) is 6.79. The number of sulfonamides is 1. The number of nitrogens with one attached hydrogen (secondary N) is 1. The molecular weight excluding hydrogens is 345 g/mol. The lowest BCUT2D eigenvalue weighted by Gasteiger charge is -2.19. The third-order valence-corrected chi connectivity index (χ3v) is 4.72. The van der Waals surface area contributed by atoms with E-state index < -0.39 is 28.7 Å². The largest absolute Gasteiger partial charge is 0.405 e. The lowest BCUT2D eigenvalue weighted by atomic mass is 10.2. The van der Waals surface area contributed by atoms with Crippen molar-refractivity contribution in [3.05, 3.63) is 55.1 Å². The predicted octanol–water partition coefficient (Wildman–Crippen LogP) is 2.34. The lowest BCUT2D eigenvalue weighted by molar-refractivity contribution is -0.123. The SMILES string of the molecule is C=CCN(CC=C)S(=O)(=O)c1ccc(C(=O)NCC(F)(F)F)cc1. The van der Waals surface area contributed by atoms with Gasteiger partial charge >= 0.3 is 6.18 Å². The summed E-state index contributed by atoms with van der Waals surface area (Å²) < 4.78 is 62.2. The van der Waals surface area contributed by atoms with Crippen molar-refractivity contribution >= 4 is 15.9 Å². The number of nitrogens with zero attached hydrogens (tertiary/aromatic N) is 1. The molecule has 0 aliphatic rings. The van der Waals surface area contributed by atoms with Gasteiger partial charge in [0.25, 0.3) is 5.91 Å². The summed E-state index contributed by atoms with van der Waals surface area (Å²) >= 11 is 0. The molecule has 0 bridgehead atoms. The highest BCUT2D eigenvalue weighted by molar-refractivity contribution is 7.89. The number of benzene rings is 1. The Kier molecular flexibility index (Phi) is 6.73. The van der Waals surface area contributed by atoms with E-state index in [1.54, 1.807) is 5.32 Å². The molecule has 0 spiro atoms. The highest BCUT2D eigenvalue weighted by Crippen LogP contribution is 2.17. The van der Waals surface area contributed by atoms with Crippen molar-refractivity contribution in [2.24, 2.45) is 0 Å². The zero-order valence-corrected chi connectivity index (χ0v) is 13.5. The fraction of sp³-hybridized carbons (Fsp3) is 0.267. The van der Waals surface area contributed by atoms with Crippen LogP contribution in [0.3, 0.4) is 0 Å². The van der Waals surface area contributed by atoms with Gasteiger partial charge in [-0.15, -0.1) is 13.2 Å². The molecule has 1 N–H and O–H groups in total. The Bertz CT molecular complexity index is 688. The van der Waals surface area contributed by atoms with Gasteiger partial charge in [0.05, 0.1) is 4.90 Å². The van der Waals surface area contributed by atoms with Gasteiger partial charge in [-0.05, 0) is 24.3 Å². The van der Waals surface area contributed by atoms with Crippen LogP contribution in [0.5, 0.6) is 0 Å². The molecule has 24 heavy (non-hydrogen) atoms. The molecule has 0 aliphatic carbocycles. The molecule has 0 saturated heterocycles. The van der Waals surface area contributed by atoms with Gasteiger partial charge in [0.1, 0.15) is 6.54 Å². The zero-order chi connectivity index (χ0) is 18.4. The summed E-state index contributed by atoms with van der Waals surface area (Å²) in [6, 6.07) is 4.63. The van der Waals surface area contributed by atoms with Gasteiger partial charge < -0.3 is 5.32 Å². The van der Waals surface area contributed by atoms with Crippen molar-refractivity contribution < 1.29 is 26.4 Å². The fourth-order valence-electron chi connectivity index (χ4n) is 1.77. The van der Waals surface area contributed by atoms with E-state index in [1.807, 2.05) is 0 Å². The van der Waals surface area contributed by atoms with Crippen molar-refractivity contribution in [3.8, 4) is 0 Å². The first-order valence-corrected chi connectivity index (χ1v) is 8.23. The topological polar surface area (TPSA) is 66.5 Å². The molecule has 5 nitrogen and oxygen atoms in total. The molecule has 1 amide bonds. The molecule has 0 radical (unpaired) electrons. The van der Waals surface area contributed by atoms with E-state index in [1.165, 1.54) is 12.2 Å². The second kappa shape index (κ2) is 8.11. The molecule has 0 aromatic heterocycles. The third kappa shape index (κ3) is 5.50. The molecule has 0 fully saturated rings. The minimum Gasteiger partial charge on any atom is -0.343 e. The van der Waals surface area contributed by atoms with Gasteiger partial charge in [-0.1, -0.05) is 12.2 Å². The van der Waals surface area contributed by atoms with E-state index in [2.05, 4.69) is 13.2 Å². The molecule has 1 aromatic carbocycles. The second-order valence-corrected chi connectivity index (χ2v) is 6.66. The summed E-state index contributed by atoms with van der Waals surface area (Å²) in [4.78, 5) is 11.5. The van der Waals surface area contributed by atoms with Crippen molar-refractivity contribution in [1.29, 1.82) is 0 Å².